The molecule has 0 aromatic heterocycles. The Labute approximate surface area is 121 Å². The minimum Gasteiger partial charge on any atom is -0.479 e. The lowest BCUT2D eigenvalue weighted by molar-refractivity contribution is -0.125. The van der Waals surface area contributed by atoms with E-state index in [1.807, 2.05) is 6.07 Å². The molecule has 0 saturated heterocycles. The topological polar surface area (TPSA) is 41.6 Å². The lowest BCUT2D eigenvalue weighted by atomic mass is 10.0. The Morgan fingerprint density at radius 3 is 2.70 bits per heavy atom. The molecule has 2 atom stereocenters. The maximum absolute atomic E-state index is 12.0. The fraction of sp³-hybridized carbons (Fsp3) is 0.562. The largest absolute Gasteiger partial charge is 0.479 e. The first-order valence-electron chi connectivity index (χ1n) is 7.21. The lowest BCUT2D eigenvalue weighted by Gasteiger charge is -2.30. The minimum atomic E-state index is -0.403. The summed E-state index contributed by atoms with van der Waals surface area (Å²) in [6.07, 6.45) is 0.531. The summed E-state index contributed by atoms with van der Waals surface area (Å²) in [5, 5.41) is 3.49. The van der Waals surface area contributed by atoms with Crippen LogP contribution in [-0.4, -0.2) is 31.1 Å². The van der Waals surface area contributed by atoms with Crippen LogP contribution in [0.5, 0.6) is 5.75 Å². The van der Waals surface area contributed by atoms with Gasteiger partial charge in [-0.05, 0) is 38.0 Å². The molecule has 1 aromatic carbocycles. The van der Waals surface area contributed by atoms with Gasteiger partial charge in [-0.3, -0.25) is 4.79 Å². The highest BCUT2D eigenvalue weighted by Crippen LogP contribution is 2.34. The van der Waals surface area contributed by atoms with E-state index in [0.29, 0.717) is 12.1 Å². The summed E-state index contributed by atoms with van der Waals surface area (Å²) in [5.41, 5.74) is 2.07. The molecule has 1 aliphatic heterocycles. The molecule has 0 fully saturated rings. The molecule has 1 N–H and O–H groups in total. The molecule has 0 saturated carbocycles. The van der Waals surface area contributed by atoms with E-state index in [9.17, 15) is 4.79 Å². The number of likely N-dealkylation sites (N-methyl/N-ethyl adjacent to an activating group) is 1. The minimum absolute atomic E-state index is 0.00278. The number of carbonyl (C=O) groups is 1. The summed E-state index contributed by atoms with van der Waals surface area (Å²) in [5.74, 6) is 0.788. The Hall–Kier alpha value is -1.55. The number of anilines is 1. The van der Waals surface area contributed by atoms with E-state index >= 15 is 0 Å². The van der Waals surface area contributed by atoms with Crippen LogP contribution in [0.2, 0.25) is 0 Å². The van der Waals surface area contributed by atoms with Gasteiger partial charge in [0, 0.05) is 19.1 Å². The highest BCUT2D eigenvalue weighted by molar-refractivity contribution is 5.99. The number of hydrogen-bond donors (Lipinski definition) is 1. The van der Waals surface area contributed by atoms with Crippen LogP contribution in [0.15, 0.2) is 18.2 Å². The average Bonchev–Trinajstić information content (AvgIpc) is 2.36. The molecule has 0 bridgehead atoms. The fourth-order valence-electron chi connectivity index (χ4n) is 2.67. The number of nitrogens with zero attached hydrogens (tertiary/aromatic N) is 1. The zero-order valence-corrected chi connectivity index (χ0v) is 12.9. The van der Waals surface area contributed by atoms with Gasteiger partial charge in [0.15, 0.2) is 6.10 Å². The van der Waals surface area contributed by atoms with Crippen molar-refractivity contribution >= 4 is 11.6 Å². The second-order valence-electron chi connectivity index (χ2n) is 5.89. The lowest BCUT2D eigenvalue weighted by Crippen LogP contribution is -2.42. The molecule has 1 amide bonds. The molecule has 0 radical (unpaired) electrons. The number of benzene rings is 1. The SMILES string of the molecule is CC(C)NC(C)Cc1ccc2c(c1)N(C)C(=O)C(C)O2. The number of ether oxygens (including phenoxy) is 1. The van der Waals surface area contributed by atoms with Crippen molar-refractivity contribution in [3.05, 3.63) is 23.8 Å². The zero-order valence-electron chi connectivity index (χ0n) is 12.9. The molecule has 2 unspecified atom stereocenters. The van der Waals surface area contributed by atoms with Gasteiger partial charge in [0.05, 0.1) is 5.69 Å². The first-order chi connectivity index (χ1) is 9.38. The van der Waals surface area contributed by atoms with E-state index in [-0.39, 0.29) is 5.91 Å². The molecule has 110 valence electrons. The molecule has 20 heavy (non-hydrogen) atoms. The number of carbonyl (C=O) groups excluding carboxylic acids is 1. The summed E-state index contributed by atoms with van der Waals surface area (Å²) in [7, 11) is 1.81. The van der Waals surface area contributed by atoms with E-state index in [0.717, 1.165) is 17.9 Å². The predicted molar refractivity (Wildman–Crippen MR) is 81.4 cm³/mol. The van der Waals surface area contributed by atoms with Gasteiger partial charge in [-0.25, -0.2) is 0 Å². The summed E-state index contributed by atoms with van der Waals surface area (Å²) >= 11 is 0. The number of nitrogens with one attached hydrogen (secondary N) is 1. The van der Waals surface area contributed by atoms with Crippen LogP contribution < -0.4 is 15.0 Å². The normalized spacial score (nSPS) is 19.8. The van der Waals surface area contributed by atoms with Crippen LogP contribution in [-0.2, 0) is 11.2 Å². The molecule has 1 aliphatic rings. The fourth-order valence-corrected chi connectivity index (χ4v) is 2.67. The van der Waals surface area contributed by atoms with E-state index < -0.39 is 6.10 Å². The Kier molecular flexibility index (Phi) is 4.33. The van der Waals surface area contributed by atoms with Gasteiger partial charge in [0.1, 0.15) is 5.75 Å². The van der Waals surface area contributed by atoms with E-state index in [1.54, 1.807) is 18.9 Å². The summed E-state index contributed by atoms with van der Waals surface area (Å²) in [6, 6.07) is 6.96. The van der Waals surface area contributed by atoms with E-state index in [1.165, 1.54) is 5.56 Å². The first kappa shape index (κ1) is 14.9. The van der Waals surface area contributed by atoms with Gasteiger partial charge < -0.3 is 15.0 Å². The van der Waals surface area contributed by atoms with Crippen LogP contribution in [0.25, 0.3) is 0 Å². The Morgan fingerprint density at radius 1 is 1.35 bits per heavy atom. The summed E-state index contributed by atoms with van der Waals surface area (Å²) < 4.78 is 5.63. The second kappa shape index (κ2) is 5.83. The maximum atomic E-state index is 12.0. The standard InChI is InChI=1S/C16H24N2O2/c1-10(2)17-11(3)8-13-6-7-15-14(9-13)18(5)16(19)12(4)20-15/h6-7,9-12,17H,8H2,1-5H3. The molecule has 4 heteroatoms. The van der Waals surface area contributed by atoms with Gasteiger partial charge in [-0.2, -0.15) is 0 Å². The van der Waals surface area contributed by atoms with Crippen LogP contribution in [0.1, 0.15) is 33.3 Å². The summed E-state index contributed by atoms with van der Waals surface area (Å²) in [4.78, 5) is 13.6. The first-order valence-corrected chi connectivity index (χ1v) is 7.21. The third-order valence-corrected chi connectivity index (χ3v) is 3.53. The van der Waals surface area contributed by atoms with Crippen molar-refractivity contribution in [2.24, 2.45) is 0 Å². The smallest absolute Gasteiger partial charge is 0.267 e. The molecule has 1 heterocycles. The van der Waals surface area contributed by atoms with Gasteiger partial charge in [-0.15, -0.1) is 0 Å². The molecule has 4 nitrogen and oxygen atoms in total. The summed E-state index contributed by atoms with van der Waals surface area (Å²) in [6.45, 7) is 8.24. The van der Waals surface area contributed by atoms with Gasteiger partial charge in [0.25, 0.3) is 5.91 Å². The van der Waals surface area contributed by atoms with Gasteiger partial charge in [0.2, 0.25) is 0 Å². The Bertz CT molecular complexity index is 499. The molecule has 0 spiro atoms. The number of fused-ring (bicyclic) bond motifs is 1. The zero-order chi connectivity index (χ0) is 14.9. The quantitative estimate of drug-likeness (QED) is 0.918. The average molecular weight is 276 g/mol. The monoisotopic (exact) mass is 276 g/mol. The second-order valence-corrected chi connectivity index (χ2v) is 5.89. The number of rotatable bonds is 4. The highest BCUT2D eigenvalue weighted by Gasteiger charge is 2.28. The highest BCUT2D eigenvalue weighted by atomic mass is 16.5. The third kappa shape index (κ3) is 3.12. The van der Waals surface area contributed by atoms with Crippen LogP contribution >= 0.6 is 0 Å². The van der Waals surface area contributed by atoms with E-state index in [2.05, 4.69) is 38.2 Å². The van der Waals surface area contributed by atoms with Gasteiger partial charge >= 0.3 is 0 Å². The van der Waals surface area contributed by atoms with Crippen molar-refractivity contribution in [3.8, 4) is 5.75 Å². The van der Waals surface area contributed by atoms with Crippen molar-refractivity contribution in [1.82, 2.24) is 5.32 Å². The van der Waals surface area contributed by atoms with E-state index in [4.69, 9.17) is 4.74 Å². The van der Waals surface area contributed by atoms with Crippen molar-refractivity contribution in [1.29, 1.82) is 0 Å². The molecular formula is C16H24N2O2. The molecular weight excluding hydrogens is 252 g/mol. The third-order valence-electron chi connectivity index (χ3n) is 3.53. The van der Waals surface area contributed by atoms with Crippen molar-refractivity contribution < 1.29 is 9.53 Å². The van der Waals surface area contributed by atoms with Gasteiger partial charge in [-0.1, -0.05) is 19.9 Å². The molecule has 2 rings (SSSR count). The predicted octanol–water partition coefficient (Wildman–Crippen LogP) is 2.36. The van der Waals surface area contributed by atoms with Crippen molar-refractivity contribution in [2.45, 2.75) is 52.3 Å². The van der Waals surface area contributed by atoms with Crippen molar-refractivity contribution in [3.63, 3.8) is 0 Å². The van der Waals surface area contributed by atoms with Crippen molar-refractivity contribution in [2.75, 3.05) is 11.9 Å². The van der Waals surface area contributed by atoms with Crippen LogP contribution in [0.4, 0.5) is 5.69 Å². The van der Waals surface area contributed by atoms with Crippen LogP contribution in [0.3, 0.4) is 0 Å². The molecule has 0 aliphatic carbocycles. The Morgan fingerprint density at radius 2 is 2.05 bits per heavy atom. The maximum Gasteiger partial charge on any atom is 0.267 e. The number of hydrogen-bond acceptors (Lipinski definition) is 3. The van der Waals surface area contributed by atoms with Crippen LogP contribution in [0, 0.1) is 0 Å². The molecule has 1 aromatic rings. The number of amides is 1. The Balaban J connectivity index is 2.17.